The molecule has 0 radical (unpaired) electrons. The first-order valence-corrected chi connectivity index (χ1v) is 5.03. The second-order valence-corrected chi connectivity index (χ2v) is 3.76. The molecule has 0 heterocycles. The average Bonchev–Trinajstić information content (AvgIpc) is 2.16. The van der Waals surface area contributed by atoms with E-state index in [0.717, 1.165) is 12.1 Å². The van der Waals surface area contributed by atoms with Crippen LogP contribution < -0.4 is 9.47 Å². The van der Waals surface area contributed by atoms with Crippen LogP contribution in [-0.4, -0.2) is 19.4 Å². The molecule has 0 bridgehead atoms. The summed E-state index contributed by atoms with van der Waals surface area (Å²) in [5.41, 5.74) is 0. The Morgan fingerprint density at radius 3 is 2.35 bits per heavy atom. The van der Waals surface area contributed by atoms with Gasteiger partial charge in [-0.3, -0.25) is 0 Å². The van der Waals surface area contributed by atoms with E-state index in [9.17, 15) is 22.0 Å². The van der Waals surface area contributed by atoms with Crippen LogP contribution in [0.25, 0.3) is 0 Å². The molecule has 0 spiro atoms. The molecular formula is C9H6BrF5O2. The van der Waals surface area contributed by atoms with Crippen molar-refractivity contribution in [2.45, 2.75) is 12.8 Å². The predicted octanol–water partition coefficient (Wildman–Crippen LogP) is 3.99. The van der Waals surface area contributed by atoms with Gasteiger partial charge < -0.3 is 9.47 Å². The highest BCUT2D eigenvalue weighted by atomic mass is 79.9. The van der Waals surface area contributed by atoms with Gasteiger partial charge in [-0.1, -0.05) is 15.9 Å². The minimum Gasteiger partial charge on any atom is -0.484 e. The number of hydrogen-bond donors (Lipinski definition) is 0. The number of ether oxygens (including phenoxy) is 2. The standard InChI is InChI=1S/C9H6BrF5O2/c10-5-1-2-6(17-9(13,14)15)7(3-5)16-4-8(11)12/h1-3,8H,4H2. The Balaban J connectivity index is 2.87. The van der Waals surface area contributed by atoms with Gasteiger partial charge in [0.2, 0.25) is 0 Å². The van der Waals surface area contributed by atoms with Gasteiger partial charge >= 0.3 is 6.36 Å². The second-order valence-electron chi connectivity index (χ2n) is 2.84. The summed E-state index contributed by atoms with van der Waals surface area (Å²) in [6.07, 6.45) is -7.69. The quantitative estimate of drug-likeness (QED) is 0.781. The van der Waals surface area contributed by atoms with Crippen molar-refractivity contribution in [3.63, 3.8) is 0 Å². The summed E-state index contributed by atoms with van der Waals surface area (Å²) in [5.74, 6) is -1.07. The minimum absolute atomic E-state index is 0.385. The van der Waals surface area contributed by atoms with Crippen LogP contribution in [-0.2, 0) is 0 Å². The summed E-state index contributed by atoms with van der Waals surface area (Å²) in [4.78, 5) is 0. The molecule has 2 nitrogen and oxygen atoms in total. The van der Waals surface area contributed by atoms with Crippen LogP contribution in [0, 0.1) is 0 Å². The molecule has 1 rings (SSSR count). The molecule has 96 valence electrons. The average molecular weight is 321 g/mol. The van der Waals surface area contributed by atoms with E-state index >= 15 is 0 Å². The zero-order valence-electron chi connectivity index (χ0n) is 8.10. The number of halogens is 6. The zero-order valence-corrected chi connectivity index (χ0v) is 9.69. The third kappa shape index (κ3) is 5.20. The van der Waals surface area contributed by atoms with Crippen LogP contribution in [0.1, 0.15) is 0 Å². The van der Waals surface area contributed by atoms with Gasteiger partial charge in [0.1, 0.15) is 6.61 Å². The maximum atomic E-state index is 12.0. The van der Waals surface area contributed by atoms with E-state index in [1.807, 2.05) is 0 Å². The molecule has 0 unspecified atom stereocenters. The Morgan fingerprint density at radius 2 is 1.82 bits per heavy atom. The Labute approximate surface area is 101 Å². The van der Waals surface area contributed by atoms with Crippen molar-refractivity contribution >= 4 is 15.9 Å². The maximum Gasteiger partial charge on any atom is 0.573 e. The Bertz CT molecular complexity index is 380. The molecule has 0 N–H and O–H groups in total. The molecule has 17 heavy (non-hydrogen) atoms. The highest BCUT2D eigenvalue weighted by Gasteiger charge is 2.32. The molecule has 0 fully saturated rings. The van der Waals surface area contributed by atoms with Crippen molar-refractivity contribution in [1.29, 1.82) is 0 Å². The second kappa shape index (κ2) is 5.52. The fourth-order valence-corrected chi connectivity index (χ4v) is 1.30. The van der Waals surface area contributed by atoms with E-state index in [1.165, 1.54) is 6.07 Å². The Hall–Kier alpha value is -1.05. The number of alkyl halides is 5. The lowest BCUT2D eigenvalue weighted by Crippen LogP contribution is -2.18. The number of benzene rings is 1. The van der Waals surface area contributed by atoms with Crippen LogP contribution in [0.5, 0.6) is 11.5 Å². The Morgan fingerprint density at radius 1 is 1.18 bits per heavy atom. The molecule has 1 aromatic rings. The summed E-state index contributed by atoms with van der Waals surface area (Å²) in [5, 5.41) is 0. The number of hydrogen-bond acceptors (Lipinski definition) is 2. The largest absolute Gasteiger partial charge is 0.573 e. The van der Waals surface area contributed by atoms with Crippen LogP contribution in [0.15, 0.2) is 22.7 Å². The summed E-state index contributed by atoms with van der Waals surface area (Å²) in [7, 11) is 0. The maximum absolute atomic E-state index is 12.0. The first-order valence-electron chi connectivity index (χ1n) is 4.24. The molecule has 0 amide bonds. The topological polar surface area (TPSA) is 18.5 Å². The van der Waals surface area contributed by atoms with Gasteiger partial charge in [0.05, 0.1) is 0 Å². The molecule has 0 aromatic heterocycles. The van der Waals surface area contributed by atoms with E-state index in [2.05, 4.69) is 25.4 Å². The van der Waals surface area contributed by atoms with Crippen LogP contribution >= 0.6 is 15.9 Å². The molecule has 1 aromatic carbocycles. The third-order valence-corrected chi connectivity index (χ3v) is 1.99. The first kappa shape index (κ1) is 14.0. The van der Waals surface area contributed by atoms with E-state index in [4.69, 9.17) is 0 Å². The fourth-order valence-electron chi connectivity index (χ4n) is 0.956. The van der Waals surface area contributed by atoms with Crippen molar-refractivity contribution in [1.82, 2.24) is 0 Å². The van der Waals surface area contributed by atoms with Gasteiger partial charge in [0.25, 0.3) is 6.43 Å². The molecule has 0 saturated carbocycles. The lowest BCUT2D eigenvalue weighted by Gasteiger charge is -2.14. The highest BCUT2D eigenvalue weighted by molar-refractivity contribution is 9.10. The lowest BCUT2D eigenvalue weighted by atomic mass is 10.3. The molecule has 0 atom stereocenters. The van der Waals surface area contributed by atoms with Crippen molar-refractivity contribution in [3.8, 4) is 11.5 Å². The lowest BCUT2D eigenvalue weighted by molar-refractivity contribution is -0.275. The zero-order chi connectivity index (χ0) is 13.1. The third-order valence-electron chi connectivity index (χ3n) is 1.50. The molecule has 0 aliphatic rings. The van der Waals surface area contributed by atoms with Crippen molar-refractivity contribution < 1.29 is 31.4 Å². The number of rotatable bonds is 4. The summed E-state index contributed by atoms with van der Waals surface area (Å²) < 4.78 is 68.3. The van der Waals surface area contributed by atoms with Crippen LogP contribution in [0.2, 0.25) is 0 Å². The molecule has 0 aliphatic carbocycles. The fraction of sp³-hybridized carbons (Fsp3) is 0.333. The van der Waals surface area contributed by atoms with Crippen LogP contribution in [0.4, 0.5) is 22.0 Å². The predicted molar refractivity (Wildman–Crippen MR) is 52.3 cm³/mol. The van der Waals surface area contributed by atoms with Gasteiger partial charge in [-0.2, -0.15) is 0 Å². The van der Waals surface area contributed by atoms with Gasteiger partial charge in [0.15, 0.2) is 11.5 Å². The monoisotopic (exact) mass is 320 g/mol. The van der Waals surface area contributed by atoms with Crippen molar-refractivity contribution in [2.75, 3.05) is 6.61 Å². The summed E-state index contributed by atoms with van der Waals surface area (Å²) in [6, 6.07) is 3.36. The van der Waals surface area contributed by atoms with Crippen molar-refractivity contribution in [2.24, 2.45) is 0 Å². The summed E-state index contributed by atoms with van der Waals surface area (Å²) >= 11 is 2.98. The molecule has 8 heteroatoms. The van der Waals surface area contributed by atoms with Gasteiger partial charge in [0, 0.05) is 4.47 Å². The van der Waals surface area contributed by atoms with E-state index in [-0.39, 0.29) is 0 Å². The minimum atomic E-state index is -4.91. The van der Waals surface area contributed by atoms with E-state index < -0.39 is 30.9 Å². The molecule has 0 aliphatic heterocycles. The Kier molecular flexibility index (Phi) is 4.55. The smallest absolute Gasteiger partial charge is 0.484 e. The summed E-state index contributed by atoms with van der Waals surface area (Å²) in [6.45, 7) is -1.01. The van der Waals surface area contributed by atoms with Gasteiger partial charge in [-0.05, 0) is 18.2 Å². The van der Waals surface area contributed by atoms with E-state index in [0.29, 0.717) is 4.47 Å². The van der Waals surface area contributed by atoms with Gasteiger partial charge in [-0.15, -0.1) is 13.2 Å². The van der Waals surface area contributed by atoms with E-state index in [1.54, 1.807) is 0 Å². The van der Waals surface area contributed by atoms with Crippen LogP contribution in [0.3, 0.4) is 0 Å². The first-order chi connectivity index (χ1) is 7.78. The SMILES string of the molecule is FC(F)COc1cc(Br)ccc1OC(F)(F)F. The van der Waals surface area contributed by atoms with Crippen molar-refractivity contribution in [3.05, 3.63) is 22.7 Å². The highest BCUT2D eigenvalue weighted by Crippen LogP contribution is 2.34. The molecular weight excluding hydrogens is 315 g/mol. The normalized spacial score (nSPS) is 11.7. The molecule has 0 saturated heterocycles. The van der Waals surface area contributed by atoms with Gasteiger partial charge in [-0.25, -0.2) is 8.78 Å².